The first-order valence-electron chi connectivity index (χ1n) is 10.1. The Morgan fingerprint density at radius 2 is 2.13 bits per heavy atom. The van der Waals surface area contributed by atoms with Crippen LogP contribution >= 0.6 is 34.5 Å². The van der Waals surface area contributed by atoms with Gasteiger partial charge < -0.3 is 14.2 Å². The number of amides is 1. The molecule has 164 valence electrons. The van der Waals surface area contributed by atoms with Crippen molar-refractivity contribution >= 4 is 55.8 Å². The van der Waals surface area contributed by atoms with E-state index < -0.39 is 0 Å². The third-order valence-corrected chi connectivity index (χ3v) is 6.43. The second kappa shape index (κ2) is 10.0. The van der Waals surface area contributed by atoms with E-state index in [9.17, 15) is 4.79 Å². The highest BCUT2D eigenvalue weighted by Crippen LogP contribution is 2.35. The largest absolute Gasteiger partial charge is 0.492 e. The van der Waals surface area contributed by atoms with E-state index in [1.54, 1.807) is 23.1 Å². The monoisotopic (exact) mass is 480 g/mol. The van der Waals surface area contributed by atoms with E-state index in [0.29, 0.717) is 46.4 Å². The zero-order valence-electron chi connectivity index (χ0n) is 17.0. The molecule has 0 aliphatic carbocycles. The van der Waals surface area contributed by atoms with Gasteiger partial charge in [0.25, 0.3) is 5.91 Å². The second-order valence-corrected chi connectivity index (χ2v) is 8.89. The SMILES string of the molecule is CCOc1cccc2sc(N(CC3CCCO3)C(=O)COc3ccc(Cl)cc3Cl)nc12. The molecule has 1 amide bonds. The maximum Gasteiger partial charge on any atom is 0.266 e. The molecule has 0 saturated carbocycles. The molecule has 9 heteroatoms. The van der Waals surface area contributed by atoms with Gasteiger partial charge in [-0.1, -0.05) is 40.6 Å². The average molecular weight is 481 g/mol. The summed E-state index contributed by atoms with van der Waals surface area (Å²) in [5, 5.41) is 1.45. The lowest BCUT2D eigenvalue weighted by molar-refractivity contribution is -0.120. The quantitative estimate of drug-likeness (QED) is 0.420. The number of hydrogen-bond acceptors (Lipinski definition) is 6. The minimum absolute atomic E-state index is 0.0264. The molecule has 1 aliphatic heterocycles. The minimum Gasteiger partial charge on any atom is -0.492 e. The third kappa shape index (κ3) is 5.23. The number of carbonyl (C=O) groups is 1. The van der Waals surface area contributed by atoms with Crippen molar-refractivity contribution in [1.29, 1.82) is 0 Å². The molecular formula is C22H22Cl2N2O4S. The Labute approximate surface area is 194 Å². The normalized spacial score (nSPS) is 15.9. The summed E-state index contributed by atoms with van der Waals surface area (Å²) in [6, 6.07) is 10.7. The van der Waals surface area contributed by atoms with Crippen LogP contribution in [-0.4, -0.2) is 43.4 Å². The van der Waals surface area contributed by atoms with Crippen molar-refractivity contribution in [3.05, 3.63) is 46.4 Å². The summed E-state index contributed by atoms with van der Waals surface area (Å²) in [5.74, 6) is 0.883. The number of benzene rings is 2. The number of rotatable bonds is 8. The fourth-order valence-corrected chi connectivity index (χ4v) is 4.86. The lowest BCUT2D eigenvalue weighted by Crippen LogP contribution is -2.40. The smallest absolute Gasteiger partial charge is 0.266 e. The molecule has 0 spiro atoms. The lowest BCUT2D eigenvalue weighted by atomic mass is 10.2. The number of hydrogen-bond donors (Lipinski definition) is 0. The highest BCUT2D eigenvalue weighted by Gasteiger charge is 2.27. The highest BCUT2D eigenvalue weighted by molar-refractivity contribution is 7.22. The van der Waals surface area contributed by atoms with Gasteiger partial charge in [0.05, 0.1) is 29.0 Å². The summed E-state index contributed by atoms with van der Waals surface area (Å²) in [5.41, 5.74) is 0.746. The van der Waals surface area contributed by atoms with E-state index in [1.807, 2.05) is 25.1 Å². The van der Waals surface area contributed by atoms with Gasteiger partial charge in [0, 0.05) is 11.6 Å². The van der Waals surface area contributed by atoms with Crippen LogP contribution in [0.5, 0.6) is 11.5 Å². The Balaban J connectivity index is 1.58. The standard InChI is InChI=1S/C22H22Cl2N2O4S/c1-2-28-18-6-3-7-19-21(18)25-22(31-19)26(12-15-5-4-10-29-15)20(27)13-30-17-9-8-14(23)11-16(17)24/h3,6-9,11,15H,2,4-5,10,12-13H2,1H3. The van der Waals surface area contributed by atoms with Crippen LogP contribution in [0, 0.1) is 0 Å². The number of aromatic nitrogens is 1. The number of ether oxygens (including phenoxy) is 3. The number of anilines is 1. The number of thiazole rings is 1. The zero-order chi connectivity index (χ0) is 21.8. The Bertz CT molecular complexity index is 1070. The molecule has 0 N–H and O–H groups in total. The van der Waals surface area contributed by atoms with Crippen LogP contribution in [-0.2, 0) is 9.53 Å². The van der Waals surface area contributed by atoms with E-state index in [-0.39, 0.29) is 18.6 Å². The van der Waals surface area contributed by atoms with Gasteiger partial charge in [-0.15, -0.1) is 0 Å². The van der Waals surface area contributed by atoms with Crippen LogP contribution in [0.25, 0.3) is 10.2 Å². The molecule has 1 aromatic heterocycles. The van der Waals surface area contributed by atoms with Crippen LogP contribution in [0.2, 0.25) is 10.0 Å². The van der Waals surface area contributed by atoms with E-state index in [2.05, 4.69) is 0 Å². The molecule has 0 radical (unpaired) electrons. The number of carbonyl (C=O) groups excluding carboxylic acids is 1. The molecular weight excluding hydrogens is 459 g/mol. The number of fused-ring (bicyclic) bond motifs is 1. The summed E-state index contributed by atoms with van der Waals surface area (Å²) in [6.45, 7) is 3.42. The maximum absolute atomic E-state index is 13.2. The average Bonchev–Trinajstić information content (AvgIpc) is 3.41. The molecule has 1 atom stereocenters. The van der Waals surface area contributed by atoms with Crippen LogP contribution in [0.1, 0.15) is 19.8 Å². The highest BCUT2D eigenvalue weighted by atomic mass is 35.5. The first-order valence-corrected chi connectivity index (χ1v) is 11.6. The van der Waals surface area contributed by atoms with E-state index in [4.69, 9.17) is 42.4 Å². The Morgan fingerprint density at radius 1 is 1.26 bits per heavy atom. The fourth-order valence-electron chi connectivity index (χ4n) is 3.39. The zero-order valence-corrected chi connectivity index (χ0v) is 19.3. The van der Waals surface area contributed by atoms with Gasteiger partial charge in [-0.2, -0.15) is 0 Å². The van der Waals surface area contributed by atoms with Gasteiger partial charge in [0.1, 0.15) is 17.0 Å². The Kier molecular flexibility index (Phi) is 7.17. The molecule has 1 aliphatic rings. The number of nitrogens with zero attached hydrogens (tertiary/aromatic N) is 2. The molecule has 4 rings (SSSR count). The Hall–Kier alpha value is -2.06. The third-order valence-electron chi connectivity index (χ3n) is 4.86. The van der Waals surface area contributed by atoms with Crippen molar-refractivity contribution in [2.75, 3.05) is 31.3 Å². The van der Waals surface area contributed by atoms with Crippen molar-refractivity contribution in [1.82, 2.24) is 4.98 Å². The first-order chi connectivity index (χ1) is 15.0. The second-order valence-electron chi connectivity index (χ2n) is 7.04. The van der Waals surface area contributed by atoms with Gasteiger partial charge in [-0.05, 0) is 50.1 Å². The van der Waals surface area contributed by atoms with Crippen LogP contribution < -0.4 is 14.4 Å². The van der Waals surface area contributed by atoms with Crippen molar-refractivity contribution < 1.29 is 19.0 Å². The summed E-state index contributed by atoms with van der Waals surface area (Å²) in [4.78, 5) is 19.5. The molecule has 1 saturated heterocycles. The van der Waals surface area contributed by atoms with Crippen molar-refractivity contribution in [3.8, 4) is 11.5 Å². The van der Waals surface area contributed by atoms with E-state index in [0.717, 1.165) is 23.1 Å². The molecule has 3 aromatic rings. The van der Waals surface area contributed by atoms with E-state index in [1.165, 1.54) is 11.3 Å². The molecule has 31 heavy (non-hydrogen) atoms. The predicted octanol–water partition coefficient (Wildman–Crippen LogP) is 5.59. The molecule has 6 nitrogen and oxygen atoms in total. The Morgan fingerprint density at radius 3 is 2.87 bits per heavy atom. The van der Waals surface area contributed by atoms with Crippen LogP contribution in [0.3, 0.4) is 0 Å². The maximum atomic E-state index is 13.2. The first kappa shape index (κ1) is 22.1. The van der Waals surface area contributed by atoms with Crippen LogP contribution in [0.4, 0.5) is 5.13 Å². The van der Waals surface area contributed by atoms with Gasteiger partial charge in [-0.3, -0.25) is 9.69 Å². The van der Waals surface area contributed by atoms with Gasteiger partial charge >= 0.3 is 0 Å². The topological polar surface area (TPSA) is 60.9 Å². The van der Waals surface area contributed by atoms with Crippen molar-refractivity contribution in [2.45, 2.75) is 25.9 Å². The summed E-state index contributed by atoms with van der Waals surface area (Å²) in [7, 11) is 0. The van der Waals surface area contributed by atoms with Gasteiger partial charge in [0.15, 0.2) is 11.7 Å². The molecule has 2 aromatic carbocycles. The van der Waals surface area contributed by atoms with Crippen LogP contribution in [0.15, 0.2) is 36.4 Å². The summed E-state index contributed by atoms with van der Waals surface area (Å²) in [6.07, 6.45) is 1.86. The van der Waals surface area contributed by atoms with Gasteiger partial charge in [-0.25, -0.2) is 4.98 Å². The van der Waals surface area contributed by atoms with Crippen molar-refractivity contribution in [3.63, 3.8) is 0 Å². The van der Waals surface area contributed by atoms with Gasteiger partial charge in [0.2, 0.25) is 0 Å². The molecule has 0 bridgehead atoms. The molecule has 1 fully saturated rings. The minimum atomic E-state index is -0.224. The lowest BCUT2D eigenvalue weighted by Gasteiger charge is -2.23. The fraction of sp³-hybridized carbons (Fsp3) is 0.364. The number of para-hydroxylation sites is 1. The summed E-state index contributed by atoms with van der Waals surface area (Å²) >= 11 is 13.5. The van der Waals surface area contributed by atoms with Crippen molar-refractivity contribution in [2.24, 2.45) is 0 Å². The summed E-state index contributed by atoms with van der Waals surface area (Å²) < 4.78 is 18.1. The molecule has 2 heterocycles. The van der Waals surface area contributed by atoms with E-state index >= 15 is 0 Å². The number of halogens is 2. The molecule has 1 unspecified atom stereocenters. The predicted molar refractivity (Wildman–Crippen MR) is 124 cm³/mol.